The van der Waals surface area contributed by atoms with Gasteiger partial charge in [0.1, 0.15) is 5.60 Å². The van der Waals surface area contributed by atoms with E-state index in [-0.39, 0.29) is 29.2 Å². The smallest absolute Gasteiger partial charge is 0.341 e. The number of halogens is 2. The molecule has 0 bridgehead atoms. The van der Waals surface area contributed by atoms with Gasteiger partial charge in [-0.1, -0.05) is 0 Å². The predicted octanol–water partition coefficient (Wildman–Crippen LogP) is 1.56. The number of carbonyl (C=O) groups is 2. The first-order chi connectivity index (χ1) is 15.2. The molecule has 1 N–H and O–H groups in total. The molecule has 0 saturated carbocycles. The van der Waals surface area contributed by atoms with Crippen LogP contribution in [-0.2, 0) is 19.1 Å². The monoisotopic (exact) mass is 468 g/mol. The number of ether oxygens (including phenoxy) is 2. The summed E-state index contributed by atoms with van der Waals surface area (Å²) in [5, 5.41) is 15.1. The highest BCUT2D eigenvalue weighted by Crippen LogP contribution is 2.27. The van der Waals surface area contributed by atoms with Crippen LogP contribution in [0.4, 0.5) is 14.6 Å². The molecule has 0 radical (unpaired) electrons. The van der Waals surface area contributed by atoms with Crippen LogP contribution in [0.3, 0.4) is 0 Å². The van der Waals surface area contributed by atoms with E-state index >= 15 is 0 Å². The molecule has 180 valence electrons. The van der Waals surface area contributed by atoms with Gasteiger partial charge in [-0.15, -0.1) is 5.10 Å². The summed E-state index contributed by atoms with van der Waals surface area (Å²) in [6, 6.07) is 3.87. The molecule has 1 aliphatic heterocycles. The van der Waals surface area contributed by atoms with Gasteiger partial charge in [0.2, 0.25) is 0 Å². The molecule has 12 heteroatoms. The van der Waals surface area contributed by atoms with Gasteiger partial charge in [0.05, 0.1) is 18.8 Å². The standard InChI is InChI=1S/C21H26F2N4O6/c1-12-10-14(24-27(12)13-6-7-15(28)26(11-13)19(22)23)25-8-9-32-16(17(25)29)21(5,31)18(30)33-20(2,3)4/h6-7,10-11,16,19,31H,8-9H2,1-5H3/t16-,21+/m0/s1. The third-order valence-corrected chi connectivity index (χ3v) is 4.94. The molecule has 3 heterocycles. The van der Waals surface area contributed by atoms with Crippen molar-refractivity contribution in [3.05, 3.63) is 40.4 Å². The molecule has 1 fully saturated rings. The molecule has 0 aliphatic carbocycles. The number of morpholine rings is 1. The fraction of sp³-hybridized carbons (Fsp3) is 0.524. The lowest BCUT2D eigenvalue weighted by molar-refractivity contribution is -0.194. The van der Waals surface area contributed by atoms with Gasteiger partial charge in [-0.05, 0) is 40.7 Å². The molecule has 0 unspecified atom stereocenters. The van der Waals surface area contributed by atoms with Crippen molar-refractivity contribution in [1.82, 2.24) is 14.3 Å². The van der Waals surface area contributed by atoms with Crippen molar-refractivity contribution in [3.63, 3.8) is 0 Å². The van der Waals surface area contributed by atoms with Crippen molar-refractivity contribution < 1.29 is 33.0 Å². The van der Waals surface area contributed by atoms with Gasteiger partial charge in [0.25, 0.3) is 11.5 Å². The summed E-state index contributed by atoms with van der Waals surface area (Å²) in [5.74, 6) is -1.55. The van der Waals surface area contributed by atoms with Crippen molar-refractivity contribution in [2.24, 2.45) is 0 Å². The van der Waals surface area contributed by atoms with Crippen molar-refractivity contribution in [3.8, 4) is 5.69 Å². The number of aliphatic hydroxyl groups is 1. The first-order valence-corrected chi connectivity index (χ1v) is 10.2. The molecule has 10 nitrogen and oxygen atoms in total. The Morgan fingerprint density at radius 3 is 2.55 bits per heavy atom. The van der Waals surface area contributed by atoms with Gasteiger partial charge in [0.15, 0.2) is 17.5 Å². The summed E-state index contributed by atoms with van der Waals surface area (Å²) < 4.78 is 38.4. The molecule has 1 amide bonds. The molecule has 2 aromatic heterocycles. The number of nitrogens with zero attached hydrogens (tertiary/aromatic N) is 4. The van der Waals surface area contributed by atoms with Crippen LogP contribution >= 0.6 is 0 Å². The van der Waals surface area contributed by atoms with E-state index < -0.39 is 41.3 Å². The maximum atomic E-state index is 13.1. The SMILES string of the molecule is Cc1cc(N2CCO[C@H]([C@@](C)(O)C(=O)OC(C)(C)C)C2=O)nn1-c1ccc(=O)n(C(F)F)c1. The number of rotatable bonds is 5. The minimum atomic E-state index is -3.02. The lowest BCUT2D eigenvalue weighted by Crippen LogP contribution is -2.61. The van der Waals surface area contributed by atoms with Gasteiger partial charge in [0, 0.05) is 24.0 Å². The first-order valence-electron chi connectivity index (χ1n) is 10.2. The van der Waals surface area contributed by atoms with Gasteiger partial charge < -0.3 is 14.6 Å². The van der Waals surface area contributed by atoms with Crippen LogP contribution in [0.15, 0.2) is 29.2 Å². The third kappa shape index (κ3) is 4.96. The van der Waals surface area contributed by atoms with E-state index in [1.165, 1.54) is 15.6 Å². The Hall–Kier alpha value is -3.12. The number of hydrogen-bond donors (Lipinski definition) is 1. The van der Waals surface area contributed by atoms with E-state index in [9.17, 15) is 28.3 Å². The van der Waals surface area contributed by atoms with Gasteiger partial charge >= 0.3 is 12.5 Å². The van der Waals surface area contributed by atoms with Crippen LogP contribution in [-0.4, -0.2) is 61.8 Å². The van der Waals surface area contributed by atoms with E-state index in [2.05, 4.69) is 5.10 Å². The fourth-order valence-electron chi connectivity index (χ4n) is 3.32. The Bertz CT molecular complexity index is 1120. The minimum absolute atomic E-state index is 0.0114. The summed E-state index contributed by atoms with van der Waals surface area (Å²) >= 11 is 0. The number of amides is 1. The number of alkyl halides is 2. The highest BCUT2D eigenvalue weighted by molar-refractivity contribution is 6.01. The molecule has 0 aromatic carbocycles. The molecule has 2 aromatic rings. The molecule has 3 rings (SSSR count). The maximum Gasteiger partial charge on any atom is 0.341 e. The quantitative estimate of drug-likeness (QED) is 0.662. The Morgan fingerprint density at radius 1 is 1.27 bits per heavy atom. The van der Waals surface area contributed by atoms with Gasteiger partial charge in [-0.2, -0.15) is 8.78 Å². The van der Waals surface area contributed by atoms with Gasteiger partial charge in [-0.25, -0.2) is 9.48 Å². The minimum Gasteiger partial charge on any atom is -0.458 e. The Labute approximate surface area is 188 Å². The zero-order valence-electron chi connectivity index (χ0n) is 18.9. The molecule has 0 spiro atoms. The molecule has 1 saturated heterocycles. The molecular formula is C21H26F2N4O6. The molecule has 2 atom stereocenters. The summed E-state index contributed by atoms with van der Waals surface area (Å²) in [5.41, 5.74) is -3.32. The van der Waals surface area contributed by atoms with E-state index in [1.807, 2.05) is 0 Å². The number of hydrogen-bond acceptors (Lipinski definition) is 7. The first kappa shape index (κ1) is 24.5. The topological polar surface area (TPSA) is 116 Å². The summed E-state index contributed by atoms with van der Waals surface area (Å²) in [6.07, 6.45) is -0.569. The van der Waals surface area contributed by atoms with Crippen molar-refractivity contribution in [2.75, 3.05) is 18.1 Å². The van der Waals surface area contributed by atoms with Crippen molar-refractivity contribution >= 4 is 17.7 Å². The van der Waals surface area contributed by atoms with Crippen molar-refractivity contribution in [2.45, 2.75) is 58.5 Å². The maximum absolute atomic E-state index is 13.1. The highest BCUT2D eigenvalue weighted by atomic mass is 19.3. The second-order valence-corrected chi connectivity index (χ2v) is 8.86. The molecule has 1 aliphatic rings. The zero-order chi connectivity index (χ0) is 24.7. The second kappa shape index (κ2) is 8.67. The van der Waals surface area contributed by atoms with Gasteiger partial charge in [-0.3, -0.25) is 19.1 Å². The van der Waals surface area contributed by atoms with Crippen LogP contribution in [0, 0.1) is 6.92 Å². The van der Waals surface area contributed by atoms with E-state index in [4.69, 9.17) is 9.47 Å². The predicted molar refractivity (Wildman–Crippen MR) is 112 cm³/mol. The number of carbonyl (C=O) groups excluding carboxylic acids is 2. The number of esters is 1. The number of aromatic nitrogens is 3. The van der Waals surface area contributed by atoms with Crippen LogP contribution in [0.2, 0.25) is 0 Å². The summed E-state index contributed by atoms with van der Waals surface area (Å²) in [7, 11) is 0. The lowest BCUT2D eigenvalue weighted by atomic mass is 9.96. The summed E-state index contributed by atoms with van der Waals surface area (Å²) in [4.78, 5) is 38.5. The van der Waals surface area contributed by atoms with Crippen LogP contribution < -0.4 is 10.5 Å². The van der Waals surface area contributed by atoms with E-state index in [0.29, 0.717) is 5.69 Å². The average molecular weight is 468 g/mol. The van der Waals surface area contributed by atoms with Crippen LogP contribution in [0.5, 0.6) is 0 Å². The van der Waals surface area contributed by atoms with E-state index in [1.54, 1.807) is 33.8 Å². The number of anilines is 1. The second-order valence-electron chi connectivity index (χ2n) is 8.86. The van der Waals surface area contributed by atoms with E-state index in [0.717, 1.165) is 19.2 Å². The number of aryl methyl sites for hydroxylation is 1. The van der Waals surface area contributed by atoms with Crippen LogP contribution in [0.1, 0.15) is 39.9 Å². The van der Waals surface area contributed by atoms with Crippen molar-refractivity contribution in [1.29, 1.82) is 0 Å². The Kier molecular flexibility index (Phi) is 6.44. The Balaban J connectivity index is 1.91. The summed E-state index contributed by atoms with van der Waals surface area (Å²) in [6.45, 7) is 4.75. The van der Waals surface area contributed by atoms with Crippen LogP contribution in [0.25, 0.3) is 5.69 Å². The average Bonchev–Trinajstić information content (AvgIpc) is 3.08. The molecule has 33 heavy (non-hydrogen) atoms. The highest BCUT2D eigenvalue weighted by Gasteiger charge is 2.50. The normalized spacial score (nSPS) is 19.0. The Morgan fingerprint density at radius 2 is 1.94 bits per heavy atom. The molecular weight excluding hydrogens is 442 g/mol. The largest absolute Gasteiger partial charge is 0.458 e. The number of pyridine rings is 1. The fourth-order valence-corrected chi connectivity index (χ4v) is 3.32. The third-order valence-electron chi connectivity index (χ3n) is 4.94. The zero-order valence-corrected chi connectivity index (χ0v) is 18.9. The lowest BCUT2D eigenvalue weighted by Gasteiger charge is -2.38.